The SMILES string of the molecule is COc1ccc(C)c(NC(=O)C(C#N)C(C)C)c1. The highest BCUT2D eigenvalue weighted by atomic mass is 16.5. The third-order valence-corrected chi connectivity index (χ3v) is 2.79. The molecule has 1 atom stereocenters. The molecule has 0 saturated carbocycles. The largest absolute Gasteiger partial charge is 0.497 e. The quantitative estimate of drug-likeness (QED) is 0.888. The molecule has 0 aliphatic rings. The van der Waals surface area contributed by atoms with E-state index in [2.05, 4.69) is 5.32 Å². The third kappa shape index (κ3) is 3.24. The van der Waals surface area contributed by atoms with Gasteiger partial charge < -0.3 is 10.1 Å². The summed E-state index contributed by atoms with van der Waals surface area (Å²) in [5, 5.41) is 11.8. The van der Waals surface area contributed by atoms with Crippen molar-refractivity contribution in [3.05, 3.63) is 23.8 Å². The van der Waals surface area contributed by atoms with Gasteiger partial charge in [-0.25, -0.2) is 0 Å². The van der Waals surface area contributed by atoms with Gasteiger partial charge >= 0.3 is 0 Å². The molecule has 1 aromatic carbocycles. The number of nitrogens with one attached hydrogen (secondary N) is 1. The first-order valence-electron chi connectivity index (χ1n) is 5.84. The second kappa shape index (κ2) is 6.06. The van der Waals surface area contributed by atoms with Crippen LogP contribution in [0.4, 0.5) is 5.69 Å². The summed E-state index contributed by atoms with van der Waals surface area (Å²) in [5.74, 6) is -0.255. The van der Waals surface area contributed by atoms with Gasteiger partial charge in [-0.2, -0.15) is 5.26 Å². The number of anilines is 1. The first-order valence-corrected chi connectivity index (χ1v) is 5.84. The lowest BCUT2D eigenvalue weighted by molar-refractivity contribution is -0.119. The molecule has 1 N–H and O–H groups in total. The second-order valence-electron chi connectivity index (χ2n) is 4.52. The van der Waals surface area contributed by atoms with Crippen LogP contribution < -0.4 is 10.1 Å². The van der Waals surface area contributed by atoms with Crippen LogP contribution in [0.25, 0.3) is 0 Å². The van der Waals surface area contributed by atoms with Crippen molar-refractivity contribution in [1.29, 1.82) is 5.26 Å². The molecule has 0 spiro atoms. The Balaban J connectivity index is 2.91. The Kier molecular flexibility index (Phi) is 4.73. The molecule has 96 valence electrons. The third-order valence-electron chi connectivity index (χ3n) is 2.79. The molecule has 0 aliphatic carbocycles. The van der Waals surface area contributed by atoms with Crippen molar-refractivity contribution >= 4 is 11.6 Å². The van der Waals surface area contributed by atoms with Gasteiger partial charge in [-0.05, 0) is 24.5 Å². The van der Waals surface area contributed by atoms with Gasteiger partial charge in [-0.3, -0.25) is 4.79 Å². The number of nitrogens with zero attached hydrogens (tertiary/aromatic N) is 1. The van der Waals surface area contributed by atoms with Crippen molar-refractivity contribution in [2.75, 3.05) is 12.4 Å². The molecule has 4 heteroatoms. The molecule has 0 fully saturated rings. The monoisotopic (exact) mass is 246 g/mol. The molecule has 18 heavy (non-hydrogen) atoms. The fraction of sp³-hybridized carbons (Fsp3) is 0.429. The van der Waals surface area contributed by atoms with Crippen LogP contribution in [-0.4, -0.2) is 13.0 Å². The number of aryl methyl sites for hydroxylation is 1. The topological polar surface area (TPSA) is 62.1 Å². The van der Waals surface area contributed by atoms with E-state index >= 15 is 0 Å². The van der Waals surface area contributed by atoms with Crippen molar-refractivity contribution in [1.82, 2.24) is 0 Å². The Morgan fingerprint density at radius 1 is 1.44 bits per heavy atom. The number of methoxy groups -OCH3 is 1. The van der Waals surface area contributed by atoms with Crippen LogP contribution in [0, 0.1) is 30.1 Å². The van der Waals surface area contributed by atoms with Gasteiger partial charge in [-0.1, -0.05) is 19.9 Å². The van der Waals surface area contributed by atoms with E-state index in [4.69, 9.17) is 10.00 Å². The zero-order valence-corrected chi connectivity index (χ0v) is 11.2. The fourth-order valence-electron chi connectivity index (χ4n) is 1.58. The minimum absolute atomic E-state index is 0.0130. The molecule has 0 bridgehead atoms. The van der Waals surface area contributed by atoms with Gasteiger partial charge in [-0.15, -0.1) is 0 Å². The molecule has 1 aromatic rings. The number of rotatable bonds is 4. The number of nitriles is 1. The van der Waals surface area contributed by atoms with E-state index in [9.17, 15) is 4.79 Å². The Morgan fingerprint density at radius 2 is 2.11 bits per heavy atom. The van der Waals surface area contributed by atoms with Gasteiger partial charge in [0, 0.05) is 11.8 Å². The maximum atomic E-state index is 12.0. The molecular formula is C14H18N2O2. The predicted octanol–water partition coefficient (Wildman–Crippen LogP) is 2.74. The highest BCUT2D eigenvalue weighted by Gasteiger charge is 2.22. The van der Waals surface area contributed by atoms with Gasteiger partial charge in [0.15, 0.2) is 0 Å². The Bertz CT molecular complexity index is 475. The Hall–Kier alpha value is -2.02. The minimum atomic E-state index is -0.643. The lowest BCUT2D eigenvalue weighted by Gasteiger charge is -2.15. The second-order valence-corrected chi connectivity index (χ2v) is 4.52. The zero-order valence-electron chi connectivity index (χ0n) is 11.2. The molecule has 0 saturated heterocycles. The molecule has 4 nitrogen and oxygen atoms in total. The van der Waals surface area contributed by atoms with Gasteiger partial charge in [0.05, 0.1) is 13.2 Å². The summed E-state index contributed by atoms with van der Waals surface area (Å²) in [7, 11) is 1.57. The molecule has 1 amide bonds. The summed E-state index contributed by atoms with van der Waals surface area (Å²) >= 11 is 0. The lowest BCUT2D eigenvalue weighted by atomic mass is 9.96. The first kappa shape index (κ1) is 14.0. The highest BCUT2D eigenvalue weighted by molar-refractivity contribution is 5.95. The van der Waals surface area contributed by atoms with Crippen LogP contribution in [0.1, 0.15) is 19.4 Å². The number of benzene rings is 1. The maximum absolute atomic E-state index is 12.0. The standard InChI is InChI=1S/C14H18N2O2/c1-9(2)12(8-15)14(17)16-13-7-11(18-4)6-5-10(13)3/h5-7,9,12H,1-4H3,(H,16,17). The summed E-state index contributed by atoms with van der Waals surface area (Å²) in [6.45, 7) is 5.60. The molecule has 0 heterocycles. The van der Waals surface area contributed by atoms with Crippen LogP contribution in [0.5, 0.6) is 5.75 Å². The number of ether oxygens (including phenoxy) is 1. The van der Waals surface area contributed by atoms with Crippen molar-refractivity contribution in [3.8, 4) is 11.8 Å². The van der Waals surface area contributed by atoms with Gasteiger partial charge in [0.1, 0.15) is 11.7 Å². The van der Waals surface area contributed by atoms with E-state index in [1.807, 2.05) is 39.0 Å². The van der Waals surface area contributed by atoms with Crippen LogP contribution >= 0.6 is 0 Å². The average molecular weight is 246 g/mol. The van der Waals surface area contributed by atoms with Crippen LogP contribution in [0.2, 0.25) is 0 Å². The average Bonchev–Trinajstić information content (AvgIpc) is 2.32. The van der Waals surface area contributed by atoms with E-state index < -0.39 is 5.92 Å². The van der Waals surface area contributed by atoms with Crippen LogP contribution in [-0.2, 0) is 4.79 Å². The van der Waals surface area contributed by atoms with Crippen LogP contribution in [0.3, 0.4) is 0 Å². The summed E-state index contributed by atoms with van der Waals surface area (Å²) in [6.07, 6.45) is 0. The summed E-state index contributed by atoms with van der Waals surface area (Å²) in [6, 6.07) is 7.47. The predicted molar refractivity (Wildman–Crippen MR) is 70.3 cm³/mol. The number of amides is 1. The van der Waals surface area contributed by atoms with Crippen molar-refractivity contribution in [3.63, 3.8) is 0 Å². The number of hydrogen-bond acceptors (Lipinski definition) is 3. The molecule has 1 rings (SSSR count). The van der Waals surface area contributed by atoms with E-state index in [1.165, 1.54) is 0 Å². The molecule has 0 aliphatic heterocycles. The fourth-order valence-corrected chi connectivity index (χ4v) is 1.58. The van der Waals surface area contributed by atoms with E-state index in [0.29, 0.717) is 11.4 Å². The Labute approximate surface area is 108 Å². The normalized spacial score (nSPS) is 11.8. The molecule has 0 aromatic heterocycles. The molecular weight excluding hydrogens is 228 g/mol. The van der Waals surface area contributed by atoms with Crippen molar-refractivity contribution < 1.29 is 9.53 Å². The minimum Gasteiger partial charge on any atom is -0.497 e. The smallest absolute Gasteiger partial charge is 0.242 e. The van der Waals surface area contributed by atoms with Gasteiger partial charge in [0.25, 0.3) is 0 Å². The molecule has 0 radical (unpaired) electrons. The number of carbonyl (C=O) groups is 1. The number of carbonyl (C=O) groups excluding carboxylic acids is 1. The summed E-state index contributed by atoms with van der Waals surface area (Å²) in [4.78, 5) is 12.0. The zero-order chi connectivity index (χ0) is 13.7. The van der Waals surface area contributed by atoms with Crippen LogP contribution in [0.15, 0.2) is 18.2 Å². The first-order chi connectivity index (χ1) is 8.49. The maximum Gasteiger partial charge on any atom is 0.242 e. The van der Waals surface area contributed by atoms with Crippen molar-refractivity contribution in [2.24, 2.45) is 11.8 Å². The van der Waals surface area contributed by atoms with E-state index in [-0.39, 0.29) is 11.8 Å². The van der Waals surface area contributed by atoms with Crippen molar-refractivity contribution in [2.45, 2.75) is 20.8 Å². The van der Waals surface area contributed by atoms with E-state index in [1.54, 1.807) is 13.2 Å². The highest BCUT2D eigenvalue weighted by Crippen LogP contribution is 2.23. The van der Waals surface area contributed by atoms with Gasteiger partial charge in [0.2, 0.25) is 5.91 Å². The summed E-state index contributed by atoms with van der Waals surface area (Å²) < 4.78 is 5.11. The number of hydrogen-bond donors (Lipinski definition) is 1. The van der Waals surface area contributed by atoms with E-state index in [0.717, 1.165) is 5.56 Å². The summed E-state index contributed by atoms with van der Waals surface area (Å²) in [5.41, 5.74) is 1.62. The Morgan fingerprint density at radius 3 is 2.61 bits per heavy atom. The lowest BCUT2D eigenvalue weighted by Crippen LogP contribution is -2.25. The molecule has 1 unspecified atom stereocenters.